The van der Waals surface area contributed by atoms with E-state index in [1.165, 1.54) is 0 Å². The molecule has 1 aromatic heterocycles. The van der Waals surface area contributed by atoms with E-state index in [9.17, 15) is 18.3 Å². The van der Waals surface area contributed by atoms with Crippen molar-refractivity contribution in [2.24, 2.45) is 0 Å². The van der Waals surface area contributed by atoms with Gasteiger partial charge in [0.15, 0.2) is 0 Å². The van der Waals surface area contributed by atoms with Gasteiger partial charge in [-0.25, -0.2) is 4.72 Å². The number of carbonyl (C=O) groups excluding carboxylic acids is 1. The van der Waals surface area contributed by atoms with Gasteiger partial charge in [-0.1, -0.05) is 57.2 Å². The molecular formula is C24H38N3O4S2+. The van der Waals surface area contributed by atoms with Gasteiger partial charge in [0.1, 0.15) is 12.1 Å². The van der Waals surface area contributed by atoms with Crippen LogP contribution in [0.3, 0.4) is 0 Å². The Kier molecular flexibility index (Phi) is 11.0. The van der Waals surface area contributed by atoms with Crippen LogP contribution in [0.1, 0.15) is 50.5 Å². The van der Waals surface area contributed by atoms with E-state index in [2.05, 4.69) is 10.0 Å². The summed E-state index contributed by atoms with van der Waals surface area (Å²) in [6.45, 7) is 6.94. The minimum Gasteiger partial charge on any atom is -0.386 e. The molecule has 0 fully saturated rings. The van der Waals surface area contributed by atoms with Crippen LogP contribution in [0.2, 0.25) is 0 Å². The fourth-order valence-corrected chi connectivity index (χ4v) is 7.06. The molecule has 2 atom stereocenters. The van der Waals surface area contributed by atoms with Gasteiger partial charge in [0, 0.05) is 30.8 Å². The molecule has 0 saturated heterocycles. The number of quaternary nitrogens is 1. The van der Waals surface area contributed by atoms with Crippen LogP contribution in [0.25, 0.3) is 0 Å². The summed E-state index contributed by atoms with van der Waals surface area (Å²) < 4.78 is 29.3. The lowest BCUT2D eigenvalue weighted by Gasteiger charge is -2.44. The first kappa shape index (κ1) is 27.5. The van der Waals surface area contributed by atoms with E-state index in [4.69, 9.17) is 0 Å². The molecule has 2 rings (SSSR count). The van der Waals surface area contributed by atoms with Crippen LogP contribution in [0.15, 0.2) is 47.8 Å². The maximum absolute atomic E-state index is 13.7. The van der Waals surface area contributed by atoms with Gasteiger partial charge in [-0.15, -0.1) is 11.3 Å². The lowest BCUT2D eigenvalue weighted by Crippen LogP contribution is -2.68. The van der Waals surface area contributed by atoms with E-state index in [1.54, 1.807) is 18.3 Å². The van der Waals surface area contributed by atoms with Crippen molar-refractivity contribution in [1.82, 2.24) is 10.0 Å². The largest absolute Gasteiger partial charge is 0.396 e. The highest BCUT2D eigenvalue weighted by Crippen LogP contribution is 2.29. The van der Waals surface area contributed by atoms with Crippen molar-refractivity contribution < 1.29 is 22.2 Å². The summed E-state index contributed by atoms with van der Waals surface area (Å²) in [4.78, 5) is 13.2. The molecule has 1 heterocycles. The first-order valence-electron chi connectivity index (χ1n) is 11.7. The first-order chi connectivity index (χ1) is 15.8. The number of aliphatic hydroxyl groups is 1. The van der Waals surface area contributed by atoms with E-state index in [0.717, 1.165) is 10.4 Å². The summed E-state index contributed by atoms with van der Waals surface area (Å²) in [7, 11) is -4.09. The molecule has 0 bridgehead atoms. The second-order valence-electron chi connectivity index (χ2n) is 8.29. The van der Waals surface area contributed by atoms with E-state index in [0.29, 0.717) is 38.9 Å². The number of benzene rings is 1. The van der Waals surface area contributed by atoms with Crippen LogP contribution in [0.4, 0.5) is 0 Å². The maximum atomic E-state index is 13.7. The molecule has 0 aliphatic carbocycles. The second-order valence-corrected chi connectivity index (χ2v) is 11.2. The molecule has 1 aromatic carbocycles. The summed E-state index contributed by atoms with van der Waals surface area (Å²) >= 11 is 1.55. The minimum absolute atomic E-state index is 0.0776. The van der Waals surface area contributed by atoms with Gasteiger partial charge in [0.2, 0.25) is 5.91 Å². The molecule has 7 nitrogen and oxygen atoms in total. The van der Waals surface area contributed by atoms with Crippen molar-refractivity contribution in [1.29, 1.82) is 0 Å². The Bertz CT molecular complexity index is 928. The average Bonchev–Trinajstić information content (AvgIpc) is 3.31. The molecule has 9 heteroatoms. The van der Waals surface area contributed by atoms with E-state index in [1.807, 2.05) is 61.7 Å². The van der Waals surface area contributed by atoms with Crippen molar-refractivity contribution in [3.63, 3.8) is 0 Å². The quantitative estimate of drug-likeness (QED) is 0.329. The standard InChI is InChI=1S/C24H37N3O4S2/c1-4-14-27(15-5-2,33(30,31)26-24(29)6-3)22(17-21-13-10-16-32-21)23(28)19-25-18-20-11-8-7-9-12-20/h7-13,16,22-23,25,28H,4-6,14-15,17-19H2,1-3H3/p+1. The number of hydrogen-bond donors (Lipinski definition) is 3. The Labute approximate surface area is 202 Å². The number of amides is 1. The molecule has 0 saturated carbocycles. The Morgan fingerprint density at radius 3 is 2.27 bits per heavy atom. The average molecular weight is 497 g/mol. The fraction of sp³-hybridized carbons (Fsp3) is 0.542. The van der Waals surface area contributed by atoms with Crippen molar-refractivity contribution >= 4 is 27.5 Å². The van der Waals surface area contributed by atoms with Crippen LogP contribution < -0.4 is 10.0 Å². The van der Waals surface area contributed by atoms with Gasteiger partial charge in [0.25, 0.3) is 0 Å². The van der Waals surface area contributed by atoms with Gasteiger partial charge < -0.3 is 10.4 Å². The molecule has 0 spiro atoms. The molecular weight excluding hydrogens is 458 g/mol. The number of hydrogen-bond acceptors (Lipinski definition) is 6. The fourth-order valence-electron chi connectivity index (χ4n) is 4.27. The highest BCUT2D eigenvalue weighted by Gasteiger charge is 2.51. The number of carbonyl (C=O) groups is 1. The third-order valence-corrected chi connectivity index (χ3v) is 8.79. The minimum atomic E-state index is -4.09. The summed E-state index contributed by atoms with van der Waals surface area (Å²) in [6, 6.07) is 13.1. The second kappa shape index (κ2) is 13.2. The lowest BCUT2D eigenvalue weighted by molar-refractivity contribution is -0.838. The van der Waals surface area contributed by atoms with Crippen LogP contribution in [-0.4, -0.2) is 55.1 Å². The third kappa shape index (κ3) is 7.35. The molecule has 3 N–H and O–H groups in total. The zero-order valence-corrected chi connectivity index (χ0v) is 21.5. The smallest absolute Gasteiger partial charge is 0.386 e. The number of rotatable bonds is 15. The predicted octanol–water partition coefficient (Wildman–Crippen LogP) is 3.22. The summed E-state index contributed by atoms with van der Waals surface area (Å²) in [5.74, 6) is -0.531. The van der Waals surface area contributed by atoms with Gasteiger partial charge in [-0.3, -0.25) is 4.79 Å². The summed E-state index contributed by atoms with van der Waals surface area (Å²) in [5, 5.41) is 16.6. The molecule has 184 valence electrons. The predicted molar refractivity (Wildman–Crippen MR) is 134 cm³/mol. The topological polar surface area (TPSA) is 95.5 Å². The van der Waals surface area contributed by atoms with Crippen LogP contribution in [-0.2, 0) is 28.0 Å². The normalized spacial score (nSPS) is 14.1. The SMILES string of the molecule is CCC[N+](CCC)(C(Cc1cccs1)C(O)CNCc1ccccc1)S(=O)(=O)NC(=O)CC. The zero-order chi connectivity index (χ0) is 24.3. The van der Waals surface area contributed by atoms with E-state index >= 15 is 0 Å². The molecule has 1 amide bonds. The number of nitrogens with one attached hydrogen (secondary N) is 2. The monoisotopic (exact) mass is 496 g/mol. The highest BCUT2D eigenvalue weighted by molar-refractivity contribution is 7.84. The van der Waals surface area contributed by atoms with Crippen LogP contribution in [0.5, 0.6) is 0 Å². The van der Waals surface area contributed by atoms with Gasteiger partial charge in [0.05, 0.1) is 13.1 Å². The molecule has 0 radical (unpaired) electrons. The van der Waals surface area contributed by atoms with E-state index < -0.39 is 28.3 Å². The Morgan fingerprint density at radius 1 is 1.06 bits per heavy atom. The summed E-state index contributed by atoms with van der Waals surface area (Å²) in [6.07, 6.45) is 0.766. The van der Waals surface area contributed by atoms with Crippen molar-refractivity contribution in [2.45, 2.75) is 65.1 Å². The molecule has 33 heavy (non-hydrogen) atoms. The number of thiophene rings is 1. The third-order valence-electron chi connectivity index (χ3n) is 5.81. The molecule has 2 unspecified atom stereocenters. The Balaban J connectivity index is 2.40. The number of aliphatic hydroxyl groups excluding tert-OH is 1. The molecule has 2 aromatic rings. The van der Waals surface area contributed by atoms with Crippen LogP contribution in [0, 0.1) is 0 Å². The molecule has 0 aliphatic rings. The first-order valence-corrected chi connectivity index (χ1v) is 14.0. The van der Waals surface area contributed by atoms with Crippen molar-refractivity contribution in [3.05, 3.63) is 58.3 Å². The summed E-state index contributed by atoms with van der Waals surface area (Å²) in [5.41, 5.74) is 1.09. The van der Waals surface area contributed by atoms with Gasteiger partial charge in [-0.05, 0) is 29.9 Å². The maximum Gasteiger partial charge on any atom is 0.396 e. The van der Waals surface area contributed by atoms with Gasteiger partial charge >= 0.3 is 10.2 Å². The lowest BCUT2D eigenvalue weighted by atomic mass is 10.0. The van der Waals surface area contributed by atoms with E-state index in [-0.39, 0.29) is 16.9 Å². The number of nitrogens with zero attached hydrogens (tertiary/aromatic N) is 1. The Hall–Kier alpha value is -1.78. The van der Waals surface area contributed by atoms with Crippen molar-refractivity contribution in [3.8, 4) is 0 Å². The Morgan fingerprint density at radius 2 is 1.73 bits per heavy atom. The zero-order valence-electron chi connectivity index (χ0n) is 19.9. The molecule has 0 aliphatic heterocycles. The highest BCUT2D eigenvalue weighted by atomic mass is 32.2. The van der Waals surface area contributed by atoms with Gasteiger partial charge in [-0.2, -0.15) is 12.3 Å². The van der Waals surface area contributed by atoms with Crippen molar-refractivity contribution in [2.75, 3.05) is 19.6 Å². The van der Waals surface area contributed by atoms with Crippen LogP contribution >= 0.6 is 11.3 Å².